The van der Waals surface area contributed by atoms with Gasteiger partial charge in [0.05, 0.1) is 34.1 Å². The standard InChI is InChI=1S/C23H19Cl2F3N2O3S/c1-34(32,33)30(14-17-3-2-4-20(24)21(17)25)19-11-7-16(8-12-19)22(31)29-13-15-5-9-18(10-6-15)23(26,27)28/h2-12H,13-14H2,1H3,(H,29,31). The van der Waals surface area contributed by atoms with Gasteiger partial charge in [0.15, 0.2) is 0 Å². The minimum absolute atomic E-state index is 0.0292. The number of sulfonamides is 1. The summed E-state index contributed by atoms with van der Waals surface area (Å²) in [5.74, 6) is -0.463. The van der Waals surface area contributed by atoms with Crippen molar-refractivity contribution in [2.45, 2.75) is 19.3 Å². The monoisotopic (exact) mass is 530 g/mol. The maximum atomic E-state index is 12.7. The fourth-order valence-corrected chi connectivity index (χ4v) is 4.36. The second-order valence-corrected chi connectivity index (χ2v) is 10.1. The predicted molar refractivity (Wildman–Crippen MR) is 127 cm³/mol. The third-order valence-electron chi connectivity index (χ3n) is 4.90. The number of hydrogen-bond donors (Lipinski definition) is 1. The summed E-state index contributed by atoms with van der Waals surface area (Å²) in [6, 6.07) is 15.3. The minimum Gasteiger partial charge on any atom is -0.348 e. The van der Waals surface area contributed by atoms with Crippen LogP contribution in [0.15, 0.2) is 66.7 Å². The third-order valence-corrected chi connectivity index (χ3v) is 6.90. The first-order valence-corrected chi connectivity index (χ1v) is 12.4. The van der Waals surface area contributed by atoms with E-state index in [0.29, 0.717) is 21.8 Å². The Balaban J connectivity index is 1.71. The molecule has 0 aliphatic rings. The van der Waals surface area contributed by atoms with E-state index in [4.69, 9.17) is 23.2 Å². The van der Waals surface area contributed by atoms with E-state index in [1.165, 1.54) is 36.4 Å². The number of nitrogens with one attached hydrogen (secondary N) is 1. The van der Waals surface area contributed by atoms with E-state index in [1.807, 2.05) is 0 Å². The number of benzene rings is 3. The highest BCUT2D eigenvalue weighted by Crippen LogP contribution is 2.30. The van der Waals surface area contributed by atoms with Crippen molar-refractivity contribution >= 4 is 44.8 Å². The van der Waals surface area contributed by atoms with E-state index < -0.39 is 27.7 Å². The lowest BCUT2D eigenvalue weighted by molar-refractivity contribution is -0.137. The number of carbonyl (C=O) groups excluding carboxylic acids is 1. The van der Waals surface area contributed by atoms with Gasteiger partial charge in [0.25, 0.3) is 5.91 Å². The highest BCUT2D eigenvalue weighted by Gasteiger charge is 2.29. The number of alkyl halides is 3. The van der Waals surface area contributed by atoms with E-state index in [9.17, 15) is 26.4 Å². The molecule has 3 aromatic rings. The quantitative estimate of drug-likeness (QED) is 0.413. The smallest absolute Gasteiger partial charge is 0.348 e. The summed E-state index contributed by atoms with van der Waals surface area (Å²) in [6.07, 6.45) is -3.38. The van der Waals surface area contributed by atoms with Crippen LogP contribution in [0.3, 0.4) is 0 Å². The molecule has 3 rings (SSSR count). The SMILES string of the molecule is CS(=O)(=O)N(Cc1cccc(Cl)c1Cl)c1ccc(C(=O)NCc2ccc(C(F)(F)F)cc2)cc1. The van der Waals surface area contributed by atoms with E-state index in [1.54, 1.807) is 18.2 Å². The second kappa shape index (κ2) is 10.2. The van der Waals surface area contributed by atoms with E-state index in [0.717, 1.165) is 22.7 Å². The summed E-state index contributed by atoms with van der Waals surface area (Å²) in [5, 5.41) is 3.17. The van der Waals surface area contributed by atoms with Crippen LogP contribution in [-0.2, 0) is 29.3 Å². The molecule has 0 fully saturated rings. The van der Waals surface area contributed by atoms with Gasteiger partial charge in [-0.15, -0.1) is 0 Å². The molecule has 3 aromatic carbocycles. The molecule has 0 aliphatic heterocycles. The molecule has 0 aliphatic carbocycles. The largest absolute Gasteiger partial charge is 0.416 e. The zero-order valence-corrected chi connectivity index (χ0v) is 20.1. The Labute approximate surface area is 205 Å². The molecular weight excluding hydrogens is 512 g/mol. The molecule has 1 N–H and O–H groups in total. The molecule has 1 amide bonds. The van der Waals surface area contributed by atoms with E-state index >= 15 is 0 Å². The predicted octanol–water partition coefficient (Wildman–Crippen LogP) is 5.91. The zero-order chi connectivity index (χ0) is 25.1. The highest BCUT2D eigenvalue weighted by atomic mass is 35.5. The molecule has 0 spiro atoms. The molecule has 180 valence electrons. The summed E-state index contributed by atoms with van der Waals surface area (Å²) in [7, 11) is -3.69. The topological polar surface area (TPSA) is 66.5 Å². The summed E-state index contributed by atoms with van der Waals surface area (Å²) in [6.45, 7) is -0.0286. The molecule has 0 radical (unpaired) electrons. The summed E-state index contributed by atoms with van der Waals surface area (Å²) in [4.78, 5) is 12.4. The molecule has 34 heavy (non-hydrogen) atoms. The van der Waals surface area contributed by atoms with Gasteiger partial charge in [-0.05, 0) is 53.6 Å². The lowest BCUT2D eigenvalue weighted by atomic mass is 10.1. The number of carbonyl (C=O) groups is 1. The maximum Gasteiger partial charge on any atom is 0.416 e. The van der Waals surface area contributed by atoms with Crippen LogP contribution in [-0.4, -0.2) is 20.6 Å². The van der Waals surface area contributed by atoms with Crippen molar-refractivity contribution in [2.75, 3.05) is 10.6 Å². The van der Waals surface area contributed by atoms with Crippen molar-refractivity contribution in [3.05, 3.63) is 99.0 Å². The van der Waals surface area contributed by atoms with Crippen molar-refractivity contribution in [3.63, 3.8) is 0 Å². The Hall–Kier alpha value is -2.75. The van der Waals surface area contributed by atoms with Crippen molar-refractivity contribution in [2.24, 2.45) is 0 Å². The molecule has 0 aromatic heterocycles. The molecule has 0 heterocycles. The minimum atomic E-state index is -4.43. The van der Waals surface area contributed by atoms with E-state index in [-0.39, 0.29) is 23.7 Å². The molecule has 11 heteroatoms. The number of rotatable bonds is 7. The van der Waals surface area contributed by atoms with Gasteiger partial charge >= 0.3 is 6.18 Å². The first-order chi connectivity index (χ1) is 15.9. The molecular formula is C23H19Cl2F3N2O3S. The van der Waals surface area contributed by atoms with Crippen LogP contribution in [0, 0.1) is 0 Å². The van der Waals surface area contributed by atoms with Gasteiger partial charge in [-0.1, -0.05) is 47.5 Å². The summed E-state index contributed by atoms with van der Waals surface area (Å²) < 4.78 is 63.9. The van der Waals surface area contributed by atoms with E-state index in [2.05, 4.69) is 5.32 Å². The first kappa shape index (κ1) is 25.9. The van der Waals surface area contributed by atoms with Crippen LogP contribution >= 0.6 is 23.2 Å². The Kier molecular flexibility index (Phi) is 7.80. The molecule has 0 unspecified atom stereocenters. The second-order valence-electron chi connectivity index (χ2n) is 7.41. The number of halogens is 5. The van der Waals surface area contributed by atoms with Gasteiger partial charge in [0, 0.05) is 12.1 Å². The van der Waals surface area contributed by atoms with Gasteiger partial charge in [-0.25, -0.2) is 8.42 Å². The van der Waals surface area contributed by atoms with Crippen LogP contribution in [0.4, 0.5) is 18.9 Å². The van der Waals surface area contributed by atoms with Crippen LogP contribution < -0.4 is 9.62 Å². The maximum absolute atomic E-state index is 12.7. The van der Waals surface area contributed by atoms with Crippen LogP contribution in [0.25, 0.3) is 0 Å². The number of nitrogens with zero attached hydrogens (tertiary/aromatic N) is 1. The lowest BCUT2D eigenvalue weighted by Gasteiger charge is -2.23. The Morgan fingerprint density at radius 1 is 0.971 bits per heavy atom. The number of hydrogen-bond acceptors (Lipinski definition) is 3. The van der Waals surface area contributed by atoms with Crippen LogP contribution in [0.1, 0.15) is 27.0 Å². The number of amides is 1. The van der Waals surface area contributed by atoms with Gasteiger partial charge < -0.3 is 5.32 Å². The van der Waals surface area contributed by atoms with Crippen LogP contribution in [0.2, 0.25) is 10.0 Å². The van der Waals surface area contributed by atoms with Crippen molar-refractivity contribution in [1.82, 2.24) is 5.32 Å². The molecule has 0 saturated carbocycles. The summed E-state index contributed by atoms with van der Waals surface area (Å²) >= 11 is 12.2. The van der Waals surface area contributed by atoms with Gasteiger partial charge in [0.1, 0.15) is 0 Å². The van der Waals surface area contributed by atoms with Crippen molar-refractivity contribution in [3.8, 4) is 0 Å². The average molecular weight is 531 g/mol. The molecule has 0 bridgehead atoms. The average Bonchev–Trinajstić information content (AvgIpc) is 2.77. The fraction of sp³-hybridized carbons (Fsp3) is 0.174. The summed E-state index contributed by atoms with van der Waals surface area (Å²) in [5.41, 5.74) is 0.813. The van der Waals surface area contributed by atoms with Gasteiger partial charge in [-0.3, -0.25) is 9.10 Å². The third kappa shape index (κ3) is 6.43. The lowest BCUT2D eigenvalue weighted by Crippen LogP contribution is -2.29. The van der Waals surface area contributed by atoms with Gasteiger partial charge in [-0.2, -0.15) is 13.2 Å². The molecule has 5 nitrogen and oxygen atoms in total. The van der Waals surface area contributed by atoms with Crippen molar-refractivity contribution < 1.29 is 26.4 Å². The highest BCUT2D eigenvalue weighted by molar-refractivity contribution is 7.92. The van der Waals surface area contributed by atoms with Gasteiger partial charge in [0.2, 0.25) is 10.0 Å². The molecule has 0 atom stereocenters. The Morgan fingerprint density at radius 2 is 1.59 bits per heavy atom. The number of anilines is 1. The Morgan fingerprint density at radius 3 is 2.15 bits per heavy atom. The first-order valence-electron chi connectivity index (χ1n) is 9.81. The zero-order valence-electron chi connectivity index (χ0n) is 17.7. The normalized spacial score (nSPS) is 11.8. The van der Waals surface area contributed by atoms with Crippen LogP contribution in [0.5, 0.6) is 0 Å². The van der Waals surface area contributed by atoms with Crippen molar-refractivity contribution in [1.29, 1.82) is 0 Å². The fourth-order valence-electron chi connectivity index (χ4n) is 3.10. The molecule has 0 saturated heterocycles. The Bertz CT molecular complexity index is 1280.